The molecule has 0 aliphatic carbocycles. The first kappa shape index (κ1) is 23.5. The summed E-state index contributed by atoms with van der Waals surface area (Å²) >= 11 is 1.70. The van der Waals surface area contributed by atoms with Crippen molar-refractivity contribution in [3.8, 4) is 11.5 Å². The Morgan fingerprint density at radius 2 is 2.00 bits per heavy atom. The number of aromatic nitrogens is 1. The summed E-state index contributed by atoms with van der Waals surface area (Å²) in [5.41, 5.74) is 2.25. The van der Waals surface area contributed by atoms with Crippen LogP contribution in [0, 0.1) is 0 Å². The second kappa shape index (κ2) is 12.0. The second-order valence-electron chi connectivity index (χ2n) is 5.85. The monoisotopic (exact) mass is 504 g/mol. The molecule has 0 atom stereocenters. The largest absolute Gasteiger partial charge is 0.493 e. The Bertz CT molecular complexity index is 736. The number of aryl methyl sites for hydroxylation is 1. The summed E-state index contributed by atoms with van der Waals surface area (Å²) in [5, 5.41) is 6.64. The summed E-state index contributed by atoms with van der Waals surface area (Å²) in [6, 6.07) is 6.02. The van der Waals surface area contributed by atoms with E-state index in [-0.39, 0.29) is 24.0 Å². The van der Waals surface area contributed by atoms with Gasteiger partial charge in [-0.05, 0) is 30.5 Å². The van der Waals surface area contributed by atoms with Crippen molar-refractivity contribution in [3.05, 3.63) is 39.8 Å². The lowest BCUT2D eigenvalue weighted by atomic mass is 10.1. The van der Waals surface area contributed by atoms with Crippen LogP contribution in [-0.4, -0.2) is 50.7 Å². The highest BCUT2D eigenvalue weighted by Crippen LogP contribution is 2.27. The zero-order valence-corrected chi connectivity index (χ0v) is 19.8. The molecule has 1 N–H and O–H groups in total. The lowest BCUT2D eigenvalue weighted by Crippen LogP contribution is -2.39. The number of halogens is 1. The fraction of sp³-hybridized carbons (Fsp3) is 0.474. The van der Waals surface area contributed by atoms with Crippen LogP contribution in [0.2, 0.25) is 0 Å². The van der Waals surface area contributed by atoms with Crippen molar-refractivity contribution in [2.24, 2.45) is 4.99 Å². The Labute approximate surface area is 183 Å². The summed E-state index contributed by atoms with van der Waals surface area (Å²) in [5.74, 6) is 2.36. The lowest BCUT2D eigenvalue weighted by Gasteiger charge is -2.22. The Hall–Kier alpha value is -1.55. The van der Waals surface area contributed by atoms with E-state index < -0.39 is 0 Å². The van der Waals surface area contributed by atoms with Crippen molar-refractivity contribution in [1.82, 2.24) is 15.2 Å². The Morgan fingerprint density at radius 1 is 1.26 bits per heavy atom. The van der Waals surface area contributed by atoms with Crippen molar-refractivity contribution in [2.45, 2.75) is 26.3 Å². The summed E-state index contributed by atoms with van der Waals surface area (Å²) in [7, 11) is 7.14. The number of rotatable bonds is 8. The van der Waals surface area contributed by atoms with E-state index in [1.807, 2.05) is 19.2 Å². The molecule has 6 nitrogen and oxygen atoms in total. The zero-order valence-electron chi connectivity index (χ0n) is 16.6. The molecule has 8 heteroatoms. The van der Waals surface area contributed by atoms with Gasteiger partial charge >= 0.3 is 0 Å². The number of thiazole rings is 1. The van der Waals surface area contributed by atoms with Gasteiger partial charge < -0.3 is 19.7 Å². The van der Waals surface area contributed by atoms with E-state index in [4.69, 9.17) is 9.47 Å². The van der Waals surface area contributed by atoms with E-state index in [1.165, 1.54) is 10.6 Å². The molecule has 0 fully saturated rings. The Morgan fingerprint density at radius 3 is 2.59 bits per heavy atom. The SMILES string of the molecule is CCc1nc(CNC(=NC)N(C)CCc2ccc(OC)c(OC)c2)cs1.I. The molecule has 1 aromatic carbocycles. The lowest BCUT2D eigenvalue weighted by molar-refractivity contribution is 0.354. The first-order valence-corrected chi connectivity index (χ1v) is 9.55. The molecule has 0 aliphatic heterocycles. The van der Waals surface area contributed by atoms with Crippen molar-refractivity contribution in [1.29, 1.82) is 0 Å². The van der Waals surface area contributed by atoms with Crippen LogP contribution in [0.4, 0.5) is 0 Å². The van der Waals surface area contributed by atoms with Gasteiger partial charge in [0.25, 0.3) is 0 Å². The summed E-state index contributed by atoms with van der Waals surface area (Å²) in [6.07, 6.45) is 1.86. The van der Waals surface area contributed by atoms with Crippen LogP contribution < -0.4 is 14.8 Å². The molecule has 0 saturated heterocycles. The molecule has 27 heavy (non-hydrogen) atoms. The minimum absolute atomic E-state index is 0. The van der Waals surface area contributed by atoms with Gasteiger partial charge in [0.1, 0.15) is 0 Å². The fourth-order valence-electron chi connectivity index (χ4n) is 2.59. The van der Waals surface area contributed by atoms with E-state index in [2.05, 4.69) is 38.6 Å². The topological polar surface area (TPSA) is 59.0 Å². The standard InChI is InChI=1S/C19H28N4O2S.HI/c1-6-18-22-15(13-26-18)12-21-19(20-2)23(3)10-9-14-7-8-16(24-4)17(11-14)25-5;/h7-8,11,13H,6,9-10,12H2,1-5H3,(H,20,21);1H. The third-order valence-electron chi connectivity index (χ3n) is 4.09. The molecule has 0 saturated carbocycles. The van der Waals surface area contributed by atoms with Crippen LogP contribution in [0.1, 0.15) is 23.2 Å². The predicted molar refractivity (Wildman–Crippen MR) is 123 cm³/mol. The fourth-order valence-corrected chi connectivity index (χ4v) is 3.33. The van der Waals surface area contributed by atoms with Crippen molar-refractivity contribution in [2.75, 3.05) is 34.9 Å². The van der Waals surface area contributed by atoms with Crippen LogP contribution in [0.5, 0.6) is 11.5 Å². The van der Waals surface area contributed by atoms with Crippen LogP contribution in [-0.2, 0) is 19.4 Å². The molecular weight excluding hydrogens is 475 g/mol. The zero-order chi connectivity index (χ0) is 18.9. The number of guanidine groups is 1. The van der Waals surface area contributed by atoms with Crippen molar-refractivity contribution >= 4 is 41.3 Å². The third kappa shape index (κ3) is 6.84. The highest BCUT2D eigenvalue weighted by Gasteiger charge is 2.09. The number of nitrogens with zero attached hydrogens (tertiary/aromatic N) is 3. The average Bonchev–Trinajstić information content (AvgIpc) is 3.14. The van der Waals surface area contributed by atoms with E-state index >= 15 is 0 Å². The van der Waals surface area contributed by atoms with E-state index in [0.29, 0.717) is 6.54 Å². The molecule has 0 radical (unpaired) electrons. The summed E-state index contributed by atoms with van der Waals surface area (Å²) in [6.45, 7) is 3.65. The van der Waals surface area contributed by atoms with Gasteiger partial charge in [-0.15, -0.1) is 35.3 Å². The van der Waals surface area contributed by atoms with Gasteiger partial charge in [-0.3, -0.25) is 4.99 Å². The number of hydrogen-bond acceptors (Lipinski definition) is 5. The minimum atomic E-state index is 0. The molecular formula is C19H29IN4O2S. The van der Waals surface area contributed by atoms with Gasteiger partial charge in [-0.25, -0.2) is 4.98 Å². The normalized spacial score (nSPS) is 10.9. The quantitative estimate of drug-likeness (QED) is 0.339. The molecule has 0 bridgehead atoms. The van der Waals surface area contributed by atoms with Gasteiger partial charge in [0.15, 0.2) is 17.5 Å². The summed E-state index contributed by atoms with van der Waals surface area (Å²) < 4.78 is 10.7. The van der Waals surface area contributed by atoms with Gasteiger partial charge in [-0.2, -0.15) is 0 Å². The number of methoxy groups -OCH3 is 2. The van der Waals surface area contributed by atoms with Crippen LogP contribution in [0.3, 0.4) is 0 Å². The van der Waals surface area contributed by atoms with Gasteiger partial charge in [0.2, 0.25) is 0 Å². The molecule has 0 amide bonds. The Kier molecular flexibility index (Phi) is 10.5. The van der Waals surface area contributed by atoms with E-state index in [0.717, 1.165) is 42.5 Å². The second-order valence-corrected chi connectivity index (χ2v) is 6.79. The summed E-state index contributed by atoms with van der Waals surface area (Å²) in [4.78, 5) is 11.1. The number of nitrogens with one attached hydrogen (secondary N) is 1. The molecule has 2 rings (SSSR count). The highest BCUT2D eigenvalue weighted by atomic mass is 127. The molecule has 1 heterocycles. The number of benzene rings is 1. The van der Waals surface area contributed by atoms with Crippen LogP contribution >= 0.6 is 35.3 Å². The van der Waals surface area contributed by atoms with Gasteiger partial charge in [0, 0.05) is 26.0 Å². The first-order chi connectivity index (χ1) is 12.6. The van der Waals surface area contributed by atoms with Crippen molar-refractivity contribution < 1.29 is 9.47 Å². The molecule has 0 aliphatic rings. The average molecular weight is 504 g/mol. The highest BCUT2D eigenvalue weighted by molar-refractivity contribution is 14.0. The maximum atomic E-state index is 5.37. The first-order valence-electron chi connectivity index (χ1n) is 8.67. The van der Waals surface area contributed by atoms with Crippen LogP contribution in [0.25, 0.3) is 0 Å². The Balaban J connectivity index is 0.00000364. The minimum Gasteiger partial charge on any atom is -0.493 e. The maximum Gasteiger partial charge on any atom is 0.193 e. The molecule has 150 valence electrons. The van der Waals surface area contributed by atoms with Gasteiger partial charge in [0.05, 0.1) is 31.5 Å². The van der Waals surface area contributed by atoms with Gasteiger partial charge in [-0.1, -0.05) is 13.0 Å². The van der Waals surface area contributed by atoms with Crippen LogP contribution in [0.15, 0.2) is 28.6 Å². The predicted octanol–water partition coefficient (Wildman–Crippen LogP) is 3.59. The van der Waals surface area contributed by atoms with Crippen molar-refractivity contribution in [3.63, 3.8) is 0 Å². The molecule has 2 aromatic rings. The molecule has 1 aromatic heterocycles. The molecule has 0 unspecified atom stereocenters. The number of hydrogen-bond donors (Lipinski definition) is 1. The smallest absolute Gasteiger partial charge is 0.193 e. The molecule has 0 spiro atoms. The third-order valence-corrected chi connectivity index (χ3v) is 5.13. The van der Waals surface area contributed by atoms with E-state index in [9.17, 15) is 0 Å². The van der Waals surface area contributed by atoms with E-state index in [1.54, 1.807) is 32.6 Å². The maximum absolute atomic E-state index is 5.37. The number of ether oxygens (including phenoxy) is 2. The number of likely N-dealkylation sites (N-methyl/N-ethyl adjacent to an activating group) is 1. The number of aliphatic imine (C=N–C) groups is 1.